The Morgan fingerprint density at radius 3 is 0.773 bits per heavy atom. The van der Waals surface area contributed by atoms with Gasteiger partial charge in [0.05, 0.1) is 0 Å². The van der Waals surface area contributed by atoms with Crippen LogP contribution in [0, 0.1) is 0 Å². The van der Waals surface area contributed by atoms with E-state index in [4.69, 9.17) is 0 Å². The molecule has 22 heavy (non-hydrogen) atoms. The summed E-state index contributed by atoms with van der Waals surface area (Å²) in [7, 11) is 0. The van der Waals surface area contributed by atoms with Gasteiger partial charge in [-0.15, -0.1) is 0 Å². The quantitative estimate of drug-likeness (QED) is 0.423. The van der Waals surface area contributed by atoms with Gasteiger partial charge in [0.1, 0.15) is 0 Å². The van der Waals surface area contributed by atoms with Crippen LogP contribution in [-0.4, -0.2) is 0 Å². The maximum absolute atomic E-state index is 2.35. The molecule has 0 heterocycles. The van der Waals surface area contributed by atoms with Crippen molar-refractivity contribution in [3.63, 3.8) is 0 Å². The molecule has 0 amide bonds. The van der Waals surface area contributed by atoms with Crippen LogP contribution in [0.1, 0.15) is 116 Å². The summed E-state index contributed by atoms with van der Waals surface area (Å²) in [5, 5.41) is 0. The van der Waals surface area contributed by atoms with Crippen molar-refractivity contribution in [3.8, 4) is 0 Å². The smallest absolute Gasteiger partial charge is 0.0348 e. The zero-order chi connectivity index (χ0) is 15.6. The van der Waals surface area contributed by atoms with Crippen LogP contribution < -0.4 is 0 Å². The van der Waals surface area contributed by atoms with E-state index in [1.54, 1.807) is 0 Å². The van der Waals surface area contributed by atoms with Crippen LogP contribution in [0.3, 0.4) is 0 Å². The molecule has 0 saturated heterocycles. The monoisotopic (exact) mass is 304 g/mol. The predicted molar refractivity (Wildman–Crippen MR) is 101 cm³/mol. The van der Waals surface area contributed by atoms with Gasteiger partial charge in [-0.2, -0.15) is 0 Å². The van der Waals surface area contributed by atoms with Gasteiger partial charge in [0.2, 0.25) is 0 Å². The molecule has 0 heteroatoms. The van der Waals surface area contributed by atoms with Crippen LogP contribution in [0.5, 0.6) is 0 Å². The molecule has 0 N–H and O–H groups in total. The SMILES string of the molecule is C1=CCCCCCCCCCCCCCCCCCC/C=C/1. The third-order valence-corrected chi connectivity index (χ3v) is 4.87. The van der Waals surface area contributed by atoms with Gasteiger partial charge in [-0.25, -0.2) is 0 Å². The van der Waals surface area contributed by atoms with Crippen LogP contribution >= 0.6 is 0 Å². The number of hydrogen-bond donors (Lipinski definition) is 0. The second kappa shape index (κ2) is 16.8. The summed E-state index contributed by atoms with van der Waals surface area (Å²) in [6, 6.07) is 0. The normalized spacial score (nSPS) is 24.0. The molecule has 0 spiro atoms. The molecule has 128 valence electrons. The van der Waals surface area contributed by atoms with Crippen molar-refractivity contribution in [2.24, 2.45) is 0 Å². The molecular weight excluding hydrogens is 264 g/mol. The van der Waals surface area contributed by atoms with E-state index < -0.39 is 0 Å². The second-order valence-corrected chi connectivity index (χ2v) is 7.09. The van der Waals surface area contributed by atoms with Gasteiger partial charge < -0.3 is 0 Å². The highest BCUT2D eigenvalue weighted by Crippen LogP contribution is 2.14. The van der Waals surface area contributed by atoms with Crippen LogP contribution in [0.15, 0.2) is 24.3 Å². The Labute approximate surface area is 140 Å². The number of allylic oxidation sites excluding steroid dienone is 4. The summed E-state index contributed by atoms with van der Waals surface area (Å²) in [6.45, 7) is 0. The summed E-state index contributed by atoms with van der Waals surface area (Å²) in [5.41, 5.74) is 0. The van der Waals surface area contributed by atoms with E-state index in [2.05, 4.69) is 24.3 Å². The topological polar surface area (TPSA) is 0 Å². The van der Waals surface area contributed by atoms with E-state index in [-0.39, 0.29) is 0 Å². The summed E-state index contributed by atoms with van der Waals surface area (Å²) in [5.74, 6) is 0. The molecule has 0 fully saturated rings. The first-order valence-corrected chi connectivity index (χ1v) is 10.3. The van der Waals surface area contributed by atoms with Crippen molar-refractivity contribution in [2.75, 3.05) is 0 Å². The van der Waals surface area contributed by atoms with E-state index >= 15 is 0 Å². The van der Waals surface area contributed by atoms with E-state index in [0.29, 0.717) is 0 Å². The van der Waals surface area contributed by atoms with E-state index in [1.807, 2.05) is 0 Å². The highest BCUT2D eigenvalue weighted by molar-refractivity contribution is 5.02. The maximum Gasteiger partial charge on any atom is -0.0348 e. The first-order chi connectivity index (χ1) is 11.0. The summed E-state index contributed by atoms with van der Waals surface area (Å²) in [6.07, 6.45) is 35.0. The highest BCUT2D eigenvalue weighted by atomic mass is 14.0. The standard InChI is InChI=1S/C22H40/c1-2-4-6-8-10-12-14-16-18-20-22-21-19-17-15-13-11-9-7-5-3-1/h1-4H,5-22H2/b3-1+,4-2?. The number of rotatable bonds is 0. The van der Waals surface area contributed by atoms with Gasteiger partial charge in [0.25, 0.3) is 0 Å². The number of hydrogen-bond acceptors (Lipinski definition) is 0. The zero-order valence-electron chi connectivity index (χ0n) is 15.0. The summed E-state index contributed by atoms with van der Waals surface area (Å²) >= 11 is 0. The molecular formula is C22H40. The Hall–Kier alpha value is -0.520. The Bertz CT molecular complexity index is 233. The molecule has 1 rings (SSSR count). The highest BCUT2D eigenvalue weighted by Gasteiger charge is 1.94. The Balaban J connectivity index is 2.10. The van der Waals surface area contributed by atoms with Crippen LogP contribution in [0.4, 0.5) is 0 Å². The average molecular weight is 305 g/mol. The van der Waals surface area contributed by atoms with Gasteiger partial charge in [-0.3, -0.25) is 0 Å². The molecule has 0 nitrogen and oxygen atoms in total. The fraction of sp³-hybridized carbons (Fsp3) is 0.818. The van der Waals surface area contributed by atoms with Crippen molar-refractivity contribution >= 4 is 0 Å². The van der Waals surface area contributed by atoms with Crippen LogP contribution in [0.2, 0.25) is 0 Å². The molecule has 0 aliphatic heterocycles. The van der Waals surface area contributed by atoms with Gasteiger partial charge in [0, 0.05) is 0 Å². The van der Waals surface area contributed by atoms with E-state index in [0.717, 1.165) is 0 Å². The third-order valence-electron chi connectivity index (χ3n) is 4.87. The van der Waals surface area contributed by atoms with Crippen molar-refractivity contribution in [1.29, 1.82) is 0 Å². The minimum atomic E-state index is 1.27. The molecule has 0 atom stereocenters. The Morgan fingerprint density at radius 2 is 0.500 bits per heavy atom. The molecule has 0 aromatic rings. The van der Waals surface area contributed by atoms with Gasteiger partial charge in [-0.05, 0) is 25.7 Å². The van der Waals surface area contributed by atoms with Crippen molar-refractivity contribution < 1.29 is 0 Å². The summed E-state index contributed by atoms with van der Waals surface area (Å²) < 4.78 is 0. The van der Waals surface area contributed by atoms with E-state index in [9.17, 15) is 0 Å². The van der Waals surface area contributed by atoms with E-state index in [1.165, 1.54) is 116 Å². The van der Waals surface area contributed by atoms with Gasteiger partial charge in [0.15, 0.2) is 0 Å². The average Bonchev–Trinajstić information content (AvgIpc) is 2.53. The third kappa shape index (κ3) is 14.4. The molecule has 0 unspecified atom stereocenters. The second-order valence-electron chi connectivity index (χ2n) is 7.09. The fourth-order valence-electron chi connectivity index (χ4n) is 3.35. The largest absolute Gasteiger partial charge is 0.0845 e. The molecule has 1 aliphatic carbocycles. The van der Waals surface area contributed by atoms with Gasteiger partial charge in [-0.1, -0.05) is 114 Å². The van der Waals surface area contributed by atoms with Crippen molar-refractivity contribution in [3.05, 3.63) is 24.3 Å². The minimum Gasteiger partial charge on any atom is -0.0845 e. The lowest BCUT2D eigenvalue weighted by Crippen LogP contribution is -1.84. The molecule has 0 bridgehead atoms. The molecule has 0 radical (unpaired) electrons. The minimum absolute atomic E-state index is 1.27. The zero-order valence-corrected chi connectivity index (χ0v) is 15.0. The molecule has 0 aromatic heterocycles. The first kappa shape index (κ1) is 19.5. The van der Waals surface area contributed by atoms with Crippen molar-refractivity contribution in [2.45, 2.75) is 116 Å². The van der Waals surface area contributed by atoms with Crippen molar-refractivity contribution in [1.82, 2.24) is 0 Å². The fourth-order valence-corrected chi connectivity index (χ4v) is 3.35. The summed E-state index contributed by atoms with van der Waals surface area (Å²) in [4.78, 5) is 0. The van der Waals surface area contributed by atoms with Crippen LogP contribution in [-0.2, 0) is 0 Å². The van der Waals surface area contributed by atoms with Crippen LogP contribution in [0.25, 0.3) is 0 Å². The van der Waals surface area contributed by atoms with Gasteiger partial charge >= 0.3 is 0 Å². The molecule has 0 saturated carbocycles. The maximum atomic E-state index is 2.35. The lowest BCUT2D eigenvalue weighted by molar-refractivity contribution is 0.528. The lowest BCUT2D eigenvalue weighted by atomic mass is 10.0. The first-order valence-electron chi connectivity index (χ1n) is 10.3. The lowest BCUT2D eigenvalue weighted by Gasteiger charge is -2.03. The Kier molecular flexibility index (Phi) is 15.0. The molecule has 1 aliphatic rings. The Morgan fingerprint density at radius 1 is 0.273 bits per heavy atom. The molecule has 0 aromatic carbocycles. The predicted octanol–water partition coefficient (Wildman–Crippen LogP) is 8.13.